The number of nitriles is 1. The van der Waals surface area contributed by atoms with Crippen LogP contribution >= 0.6 is 11.3 Å². The molecule has 2 aliphatic rings. The Morgan fingerprint density at radius 2 is 2.31 bits per heavy atom. The SMILES string of the molecule is N#Cc1sc(NCC2(C3CC3)CC2)cc1N. The van der Waals surface area contributed by atoms with E-state index in [1.165, 1.54) is 37.0 Å². The molecular weight excluding hydrogens is 218 g/mol. The van der Waals surface area contributed by atoms with Gasteiger partial charge in [0.25, 0.3) is 0 Å². The lowest BCUT2D eigenvalue weighted by atomic mass is 10.0. The Morgan fingerprint density at radius 3 is 2.81 bits per heavy atom. The van der Waals surface area contributed by atoms with Crippen LogP contribution < -0.4 is 11.1 Å². The molecule has 84 valence electrons. The van der Waals surface area contributed by atoms with E-state index in [0.29, 0.717) is 16.0 Å². The maximum Gasteiger partial charge on any atom is 0.129 e. The van der Waals surface area contributed by atoms with Gasteiger partial charge in [-0.25, -0.2) is 0 Å². The topological polar surface area (TPSA) is 61.8 Å². The molecule has 0 amide bonds. The molecule has 0 aromatic carbocycles. The summed E-state index contributed by atoms with van der Waals surface area (Å²) in [4.78, 5) is 0.624. The second-order valence-electron chi connectivity index (χ2n) is 5.00. The molecule has 3 nitrogen and oxygen atoms in total. The van der Waals surface area contributed by atoms with Crippen molar-refractivity contribution >= 4 is 22.0 Å². The Balaban J connectivity index is 1.64. The summed E-state index contributed by atoms with van der Waals surface area (Å²) in [6, 6.07) is 4.00. The molecule has 2 saturated carbocycles. The van der Waals surface area contributed by atoms with Crippen LogP contribution in [0.1, 0.15) is 30.6 Å². The van der Waals surface area contributed by atoms with Crippen molar-refractivity contribution in [3.63, 3.8) is 0 Å². The minimum atomic E-state index is 0.589. The normalized spacial score (nSPS) is 21.4. The first-order chi connectivity index (χ1) is 7.73. The molecule has 1 aromatic heterocycles. The number of hydrogen-bond donors (Lipinski definition) is 2. The van der Waals surface area contributed by atoms with E-state index in [1.54, 1.807) is 0 Å². The third kappa shape index (κ3) is 1.65. The molecule has 0 bridgehead atoms. The average molecular weight is 233 g/mol. The molecule has 0 radical (unpaired) electrons. The molecule has 2 fully saturated rings. The van der Waals surface area contributed by atoms with Crippen molar-refractivity contribution in [3.8, 4) is 6.07 Å². The van der Waals surface area contributed by atoms with Crippen LogP contribution in [0.25, 0.3) is 0 Å². The van der Waals surface area contributed by atoms with E-state index in [9.17, 15) is 0 Å². The molecule has 1 aromatic rings. The van der Waals surface area contributed by atoms with Gasteiger partial charge in [0.15, 0.2) is 0 Å². The molecule has 0 aliphatic heterocycles. The lowest BCUT2D eigenvalue weighted by Gasteiger charge is -2.14. The Bertz CT molecular complexity index is 449. The minimum Gasteiger partial charge on any atom is -0.397 e. The van der Waals surface area contributed by atoms with E-state index in [-0.39, 0.29) is 0 Å². The van der Waals surface area contributed by atoms with Gasteiger partial charge in [-0.3, -0.25) is 0 Å². The highest BCUT2D eigenvalue weighted by Crippen LogP contribution is 2.61. The molecule has 4 heteroatoms. The monoisotopic (exact) mass is 233 g/mol. The molecule has 16 heavy (non-hydrogen) atoms. The van der Waals surface area contributed by atoms with E-state index in [4.69, 9.17) is 11.0 Å². The molecule has 0 unspecified atom stereocenters. The summed E-state index contributed by atoms with van der Waals surface area (Å²) in [5, 5.41) is 13.3. The van der Waals surface area contributed by atoms with Crippen LogP contribution in [0.5, 0.6) is 0 Å². The Labute approximate surface area is 99.3 Å². The molecule has 1 heterocycles. The summed E-state index contributed by atoms with van der Waals surface area (Å²) in [6.07, 6.45) is 5.57. The molecule has 0 saturated heterocycles. The van der Waals surface area contributed by atoms with Gasteiger partial charge in [-0.2, -0.15) is 5.26 Å². The second kappa shape index (κ2) is 3.39. The number of nitrogens with zero attached hydrogens (tertiary/aromatic N) is 1. The Kier molecular flexibility index (Phi) is 2.11. The second-order valence-corrected chi connectivity index (χ2v) is 6.05. The largest absolute Gasteiger partial charge is 0.397 e. The van der Waals surface area contributed by atoms with Gasteiger partial charge in [0.2, 0.25) is 0 Å². The van der Waals surface area contributed by atoms with Gasteiger partial charge >= 0.3 is 0 Å². The summed E-state index contributed by atoms with van der Waals surface area (Å²) in [5.41, 5.74) is 6.92. The Morgan fingerprint density at radius 1 is 1.56 bits per heavy atom. The fourth-order valence-electron chi connectivity index (χ4n) is 2.43. The molecule has 3 N–H and O–H groups in total. The Hall–Kier alpha value is -1.21. The maximum absolute atomic E-state index is 8.82. The standard InChI is InChI=1S/C12H15N3S/c13-6-10-9(14)5-11(16-10)15-7-12(3-4-12)8-1-2-8/h5,8,15H,1-4,7,14H2. The van der Waals surface area contributed by atoms with Gasteiger partial charge < -0.3 is 11.1 Å². The first kappa shape index (κ1) is 9.98. The van der Waals surface area contributed by atoms with E-state index < -0.39 is 0 Å². The maximum atomic E-state index is 8.82. The minimum absolute atomic E-state index is 0.589. The van der Waals surface area contributed by atoms with Crippen molar-refractivity contribution in [2.45, 2.75) is 25.7 Å². The number of nitrogens with two attached hydrogens (primary N) is 1. The van der Waals surface area contributed by atoms with Crippen LogP contribution in [0, 0.1) is 22.7 Å². The van der Waals surface area contributed by atoms with Crippen LogP contribution in [-0.4, -0.2) is 6.54 Å². The molecule has 2 aliphatic carbocycles. The zero-order valence-electron chi connectivity index (χ0n) is 9.12. The zero-order chi connectivity index (χ0) is 11.2. The lowest BCUT2D eigenvalue weighted by Crippen LogP contribution is -2.16. The van der Waals surface area contributed by atoms with Gasteiger partial charge in [0.05, 0.1) is 10.7 Å². The van der Waals surface area contributed by atoms with Crippen LogP contribution in [0.2, 0.25) is 0 Å². The summed E-state index contributed by atoms with van der Waals surface area (Å²) in [5.74, 6) is 0.966. The van der Waals surface area contributed by atoms with Crippen molar-refractivity contribution in [2.24, 2.45) is 11.3 Å². The highest BCUT2D eigenvalue weighted by Gasteiger charge is 2.53. The molecule has 0 spiro atoms. The highest BCUT2D eigenvalue weighted by atomic mass is 32.1. The quantitative estimate of drug-likeness (QED) is 0.840. The number of anilines is 2. The smallest absolute Gasteiger partial charge is 0.129 e. The summed E-state index contributed by atoms with van der Waals surface area (Å²) >= 11 is 1.46. The third-order valence-corrected chi connectivity index (χ3v) is 4.83. The van der Waals surface area contributed by atoms with E-state index >= 15 is 0 Å². The number of nitrogen functional groups attached to an aromatic ring is 1. The van der Waals surface area contributed by atoms with Crippen molar-refractivity contribution in [1.82, 2.24) is 0 Å². The van der Waals surface area contributed by atoms with Crippen molar-refractivity contribution in [1.29, 1.82) is 5.26 Å². The number of nitrogens with one attached hydrogen (secondary N) is 1. The van der Waals surface area contributed by atoms with E-state index in [1.807, 2.05) is 6.07 Å². The number of hydrogen-bond acceptors (Lipinski definition) is 4. The first-order valence-corrected chi connectivity index (χ1v) is 6.58. The fourth-order valence-corrected chi connectivity index (χ4v) is 3.20. The van der Waals surface area contributed by atoms with Crippen LogP contribution in [-0.2, 0) is 0 Å². The lowest BCUT2D eigenvalue weighted by molar-refractivity contribution is 0.467. The predicted molar refractivity (Wildman–Crippen MR) is 66.3 cm³/mol. The van der Waals surface area contributed by atoms with Gasteiger partial charge in [-0.1, -0.05) is 0 Å². The van der Waals surface area contributed by atoms with Crippen LogP contribution in [0.4, 0.5) is 10.7 Å². The number of rotatable bonds is 4. The van der Waals surface area contributed by atoms with Crippen molar-refractivity contribution in [2.75, 3.05) is 17.6 Å². The summed E-state index contributed by atoms with van der Waals surface area (Å²) in [7, 11) is 0. The predicted octanol–water partition coefficient (Wildman–Crippen LogP) is 2.80. The average Bonchev–Trinajstić information content (AvgIpc) is 3.13. The van der Waals surface area contributed by atoms with Gasteiger partial charge in [-0.15, -0.1) is 11.3 Å². The van der Waals surface area contributed by atoms with Crippen LogP contribution in [0.15, 0.2) is 6.07 Å². The summed E-state index contributed by atoms with van der Waals surface area (Å²) in [6.45, 7) is 1.06. The number of thiophene rings is 1. The van der Waals surface area contributed by atoms with E-state index in [2.05, 4.69) is 11.4 Å². The van der Waals surface area contributed by atoms with Crippen LogP contribution in [0.3, 0.4) is 0 Å². The van der Waals surface area contributed by atoms with Gasteiger partial charge in [-0.05, 0) is 43.1 Å². The van der Waals surface area contributed by atoms with Crippen molar-refractivity contribution < 1.29 is 0 Å². The zero-order valence-corrected chi connectivity index (χ0v) is 9.94. The molecule has 3 rings (SSSR count). The van der Waals surface area contributed by atoms with Crippen molar-refractivity contribution in [3.05, 3.63) is 10.9 Å². The first-order valence-electron chi connectivity index (χ1n) is 5.77. The molecule has 0 atom stereocenters. The van der Waals surface area contributed by atoms with Gasteiger partial charge in [0.1, 0.15) is 10.9 Å². The molecular formula is C12H15N3S. The fraction of sp³-hybridized carbons (Fsp3) is 0.583. The highest BCUT2D eigenvalue weighted by molar-refractivity contribution is 7.17. The third-order valence-electron chi connectivity index (χ3n) is 3.81. The van der Waals surface area contributed by atoms with Gasteiger partial charge in [0, 0.05) is 6.54 Å². The van der Waals surface area contributed by atoms with E-state index in [0.717, 1.165) is 17.5 Å². The summed E-state index contributed by atoms with van der Waals surface area (Å²) < 4.78 is 0.